The van der Waals surface area contributed by atoms with Crippen molar-refractivity contribution < 1.29 is 14.2 Å². The van der Waals surface area contributed by atoms with Crippen molar-refractivity contribution in [1.82, 2.24) is 9.88 Å². The topological polar surface area (TPSA) is 46.4 Å². The van der Waals surface area contributed by atoms with Crippen LogP contribution in [0.4, 0.5) is 4.39 Å². The number of hydrogen-bond donors (Lipinski definition) is 2. The van der Waals surface area contributed by atoms with E-state index in [1.54, 1.807) is 7.11 Å². The third-order valence-electron chi connectivity index (χ3n) is 5.44. The van der Waals surface area contributed by atoms with E-state index in [4.69, 9.17) is 4.74 Å². The molecule has 5 heteroatoms. The second kappa shape index (κ2) is 7.75. The Bertz CT molecular complexity index is 741. The average Bonchev–Trinajstić information content (AvgIpc) is 2.94. The molecule has 1 aromatic carbocycles. The van der Waals surface area contributed by atoms with Gasteiger partial charge in [0.15, 0.2) is 0 Å². The molecule has 0 spiro atoms. The number of halogens is 1. The molecule has 0 fully saturated rings. The van der Waals surface area contributed by atoms with Crippen molar-refractivity contribution in [3.05, 3.63) is 29.0 Å². The Kier molecular flexibility index (Phi) is 5.64. The SMILES string of the molecule is COc1ccc(C(O)C(C)NCCCF)c2c3c(n(C)c12)CCCC3. The Morgan fingerprint density at radius 1 is 1.32 bits per heavy atom. The van der Waals surface area contributed by atoms with Crippen LogP contribution in [0.2, 0.25) is 0 Å². The Morgan fingerprint density at radius 2 is 2.08 bits per heavy atom. The molecule has 2 atom stereocenters. The van der Waals surface area contributed by atoms with Crippen LogP contribution in [0.5, 0.6) is 5.75 Å². The average molecular weight is 348 g/mol. The smallest absolute Gasteiger partial charge is 0.143 e. The first-order valence-corrected chi connectivity index (χ1v) is 9.24. The summed E-state index contributed by atoms with van der Waals surface area (Å²) in [7, 11) is 3.78. The second-order valence-corrected chi connectivity index (χ2v) is 7.00. The van der Waals surface area contributed by atoms with Gasteiger partial charge in [-0.3, -0.25) is 4.39 Å². The summed E-state index contributed by atoms with van der Waals surface area (Å²) >= 11 is 0. The minimum atomic E-state index is -0.638. The van der Waals surface area contributed by atoms with Gasteiger partial charge in [-0.25, -0.2) is 0 Å². The number of rotatable bonds is 7. The number of benzene rings is 1. The lowest BCUT2D eigenvalue weighted by atomic mass is 9.91. The number of aromatic nitrogens is 1. The van der Waals surface area contributed by atoms with Crippen molar-refractivity contribution >= 4 is 10.9 Å². The zero-order chi connectivity index (χ0) is 18.0. The predicted molar refractivity (Wildman–Crippen MR) is 99.1 cm³/mol. The van der Waals surface area contributed by atoms with E-state index in [1.165, 1.54) is 24.1 Å². The summed E-state index contributed by atoms with van der Waals surface area (Å²) in [6.45, 7) is 2.18. The molecule has 138 valence electrons. The number of aliphatic hydroxyl groups is 1. The number of methoxy groups -OCH3 is 1. The van der Waals surface area contributed by atoms with Crippen molar-refractivity contribution in [3.8, 4) is 5.75 Å². The molecule has 0 saturated heterocycles. The molecule has 2 unspecified atom stereocenters. The van der Waals surface area contributed by atoms with Gasteiger partial charge in [-0.15, -0.1) is 0 Å². The molecule has 0 bridgehead atoms. The van der Waals surface area contributed by atoms with Crippen LogP contribution in [-0.4, -0.2) is 36.0 Å². The van der Waals surface area contributed by atoms with Crippen molar-refractivity contribution in [3.63, 3.8) is 0 Å². The van der Waals surface area contributed by atoms with E-state index in [0.717, 1.165) is 35.1 Å². The highest BCUT2D eigenvalue weighted by Gasteiger charge is 2.27. The highest BCUT2D eigenvalue weighted by molar-refractivity contribution is 5.94. The van der Waals surface area contributed by atoms with E-state index in [1.807, 2.05) is 19.1 Å². The zero-order valence-electron chi connectivity index (χ0n) is 15.4. The lowest BCUT2D eigenvalue weighted by Gasteiger charge is -2.22. The Morgan fingerprint density at radius 3 is 2.80 bits per heavy atom. The molecular weight excluding hydrogens is 319 g/mol. The molecule has 3 rings (SSSR count). The lowest BCUT2D eigenvalue weighted by Crippen LogP contribution is -2.33. The van der Waals surface area contributed by atoms with E-state index in [-0.39, 0.29) is 12.7 Å². The maximum atomic E-state index is 12.3. The summed E-state index contributed by atoms with van der Waals surface area (Å²) in [5, 5.41) is 15.3. The van der Waals surface area contributed by atoms with E-state index in [2.05, 4.69) is 16.9 Å². The Hall–Kier alpha value is -1.59. The van der Waals surface area contributed by atoms with Gasteiger partial charge in [0.1, 0.15) is 5.75 Å². The number of ether oxygens (including phenoxy) is 1. The van der Waals surface area contributed by atoms with Crippen LogP contribution in [0.3, 0.4) is 0 Å². The summed E-state index contributed by atoms with van der Waals surface area (Å²) < 4.78 is 20.2. The molecule has 25 heavy (non-hydrogen) atoms. The fourth-order valence-electron chi connectivity index (χ4n) is 4.09. The van der Waals surface area contributed by atoms with Gasteiger partial charge in [0.25, 0.3) is 0 Å². The third-order valence-corrected chi connectivity index (χ3v) is 5.44. The summed E-state index contributed by atoms with van der Waals surface area (Å²) in [5.74, 6) is 0.848. The van der Waals surface area contributed by atoms with Gasteiger partial charge >= 0.3 is 0 Å². The molecule has 2 N–H and O–H groups in total. The zero-order valence-corrected chi connectivity index (χ0v) is 15.4. The highest BCUT2D eigenvalue weighted by atomic mass is 19.1. The molecule has 4 nitrogen and oxygen atoms in total. The van der Waals surface area contributed by atoms with Crippen LogP contribution < -0.4 is 10.1 Å². The van der Waals surface area contributed by atoms with Gasteiger partial charge in [-0.2, -0.15) is 0 Å². The minimum absolute atomic E-state index is 0.136. The molecule has 1 heterocycles. The molecule has 0 radical (unpaired) electrons. The standard InChI is InChI=1S/C20H29FN2O2/c1-13(22-12-6-11-21)20(24)15-9-10-17(25-3)19-18(15)14-7-4-5-8-16(14)23(19)2/h9-10,13,20,22,24H,4-8,11-12H2,1-3H3. The molecular formula is C20H29FN2O2. The summed E-state index contributed by atoms with van der Waals surface area (Å²) in [5.41, 5.74) is 4.72. The van der Waals surface area contributed by atoms with Gasteiger partial charge in [0.2, 0.25) is 0 Å². The van der Waals surface area contributed by atoms with Gasteiger partial charge in [-0.05, 0) is 62.8 Å². The third kappa shape index (κ3) is 3.27. The van der Waals surface area contributed by atoms with Crippen LogP contribution in [0.25, 0.3) is 10.9 Å². The van der Waals surface area contributed by atoms with Crippen LogP contribution in [0.1, 0.15) is 49.1 Å². The van der Waals surface area contributed by atoms with Crippen LogP contribution in [0, 0.1) is 0 Å². The molecule has 2 aromatic rings. The molecule has 0 saturated carbocycles. The fourth-order valence-corrected chi connectivity index (χ4v) is 4.09. The van der Waals surface area contributed by atoms with E-state index < -0.39 is 6.10 Å². The lowest BCUT2D eigenvalue weighted by molar-refractivity contribution is 0.137. The first-order valence-electron chi connectivity index (χ1n) is 9.24. The number of nitrogens with one attached hydrogen (secondary N) is 1. The van der Waals surface area contributed by atoms with Gasteiger partial charge < -0.3 is 19.7 Å². The van der Waals surface area contributed by atoms with Crippen LogP contribution >= 0.6 is 0 Å². The van der Waals surface area contributed by atoms with Crippen molar-refractivity contribution in [2.24, 2.45) is 7.05 Å². The Labute approximate surface area is 149 Å². The molecule has 1 aliphatic carbocycles. The first-order chi connectivity index (χ1) is 12.1. The number of nitrogens with zero attached hydrogens (tertiary/aromatic N) is 1. The summed E-state index contributed by atoms with van der Waals surface area (Å²) in [4.78, 5) is 0. The predicted octanol–water partition coefficient (Wildman–Crippen LogP) is 3.44. The number of aliphatic hydroxyl groups excluding tert-OH is 1. The monoisotopic (exact) mass is 348 g/mol. The highest BCUT2D eigenvalue weighted by Crippen LogP contribution is 2.40. The quantitative estimate of drug-likeness (QED) is 0.754. The molecule has 1 aromatic heterocycles. The molecule has 0 amide bonds. The van der Waals surface area contributed by atoms with Gasteiger partial charge in [0, 0.05) is 24.2 Å². The van der Waals surface area contributed by atoms with Crippen LogP contribution in [-0.2, 0) is 19.9 Å². The number of fused-ring (bicyclic) bond motifs is 3. The van der Waals surface area contributed by atoms with Crippen molar-refractivity contribution in [2.75, 3.05) is 20.3 Å². The van der Waals surface area contributed by atoms with Gasteiger partial charge in [-0.1, -0.05) is 6.07 Å². The maximum Gasteiger partial charge on any atom is 0.143 e. The maximum absolute atomic E-state index is 12.3. The number of hydrogen-bond acceptors (Lipinski definition) is 3. The fraction of sp³-hybridized carbons (Fsp3) is 0.600. The normalized spacial score (nSPS) is 16.7. The first kappa shape index (κ1) is 18.2. The van der Waals surface area contributed by atoms with Crippen molar-refractivity contribution in [2.45, 2.75) is 51.2 Å². The molecule has 1 aliphatic rings. The van der Waals surface area contributed by atoms with E-state index in [9.17, 15) is 9.50 Å². The molecule has 0 aliphatic heterocycles. The Balaban J connectivity index is 2.06. The minimum Gasteiger partial charge on any atom is -0.495 e. The number of aryl methyl sites for hydroxylation is 2. The second-order valence-electron chi connectivity index (χ2n) is 7.00. The largest absolute Gasteiger partial charge is 0.495 e. The van der Waals surface area contributed by atoms with Crippen molar-refractivity contribution in [1.29, 1.82) is 0 Å². The van der Waals surface area contributed by atoms with Gasteiger partial charge in [0.05, 0.1) is 25.4 Å². The summed E-state index contributed by atoms with van der Waals surface area (Å²) in [6.07, 6.45) is 4.34. The van der Waals surface area contributed by atoms with E-state index >= 15 is 0 Å². The number of alkyl halides is 1. The summed E-state index contributed by atoms with van der Waals surface area (Å²) in [6, 6.07) is 3.79. The van der Waals surface area contributed by atoms with Crippen LogP contribution in [0.15, 0.2) is 12.1 Å². The van der Waals surface area contributed by atoms with E-state index in [0.29, 0.717) is 13.0 Å².